The Morgan fingerprint density at radius 1 is 0.733 bits per heavy atom. The molecular formula is C16H22F4N2Na2O6. The zero-order valence-corrected chi connectivity index (χ0v) is 21.4. The van der Waals surface area contributed by atoms with E-state index in [4.69, 9.17) is 0 Å². The molecule has 30 heavy (non-hydrogen) atoms. The molecule has 0 aliphatic carbocycles. The first-order valence-electron chi connectivity index (χ1n) is 8.62. The molecule has 162 valence electrons. The Labute approximate surface area is 215 Å². The van der Waals surface area contributed by atoms with Crippen LogP contribution in [0, 0.1) is 0 Å². The van der Waals surface area contributed by atoms with Crippen LogP contribution in [0.2, 0.25) is 0 Å². The van der Waals surface area contributed by atoms with Gasteiger partial charge in [-0.25, -0.2) is 0 Å². The predicted octanol–water partition coefficient (Wildman–Crippen LogP) is -6.89. The molecule has 2 amide bonds. The van der Waals surface area contributed by atoms with Crippen LogP contribution in [0.25, 0.3) is 0 Å². The molecule has 0 fully saturated rings. The Bertz CT molecular complexity index is 546. The molecule has 0 saturated carbocycles. The molecule has 0 aromatic carbocycles. The number of hydrogen-bond donors (Lipinski definition) is 2. The van der Waals surface area contributed by atoms with E-state index in [-0.39, 0.29) is 84.8 Å². The number of hydrogen-bond acceptors (Lipinski definition) is 6. The summed E-state index contributed by atoms with van der Waals surface area (Å²) in [6.45, 7) is 3.26. The van der Waals surface area contributed by atoms with Crippen LogP contribution in [0.15, 0.2) is 0 Å². The first-order valence-corrected chi connectivity index (χ1v) is 8.62. The van der Waals surface area contributed by atoms with Crippen molar-refractivity contribution < 1.29 is 106 Å². The zero-order valence-electron chi connectivity index (χ0n) is 17.4. The molecular weight excluding hydrogens is 438 g/mol. The molecule has 0 aromatic rings. The minimum absolute atomic E-state index is 0. The summed E-state index contributed by atoms with van der Waals surface area (Å²) < 4.78 is 55.6. The SMILES string of the molecule is CCCCC(NC(=O)C(F)(F)C(F)(F)C(=O)NC(CCCC)C(=O)[O-])C(=O)[O-].[Na+].[Na+]. The van der Waals surface area contributed by atoms with E-state index >= 15 is 0 Å². The van der Waals surface area contributed by atoms with E-state index in [9.17, 15) is 47.0 Å². The second-order valence-corrected chi connectivity index (χ2v) is 6.12. The molecule has 0 aliphatic heterocycles. The second-order valence-electron chi connectivity index (χ2n) is 6.12. The van der Waals surface area contributed by atoms with Gasteiger partial charge in [-0.1, -0.05) is 39.5 Å². The molecule has 0 rings (SSSR count). The molecule has 2 unspecified atom stereocenters. The summed E-state index contributed by atoms with van der Waals surface area (Å²) in [5.74, 6) is -20.6. The fourth-order valence-electron chi connectivity index (χ4n) is 2.10. The van der Waals surface area contributed by atoms with E-state index in [1.165, 1.54) is 10.6 Å². The van der Waals surface area contributed by atoms with Crippen molar-refractivity contribution in [3.05, 3.63) is 0 Å². The van der Waals surface area contributed by atoms with Crippen LogP contribution in [0.1, 0.15) is 52.4 Å². The van der Waals surface area contributed by atoms with Gasteiger partial charge in [-0.2, -0.15) is 17.6 Å². The van der Waals surface area contributed by atoms with Crippen LogP contribution < -0.4 is 80.0 Å². The van der Waals surface area contributed by atoms with Crippen LogP contribution in [-0.2, 0) is 19.2 Å². The number of carbonyl (C=O) groups excluding carboxylic acids is 4. The van der Waals surface area contributed by atoms with Crippen molar-refractivity contribution in [1.29, 1.82) is 0 Å². The van der Waals surface area contributed by atoms with Gasteiger partial charge in [-0.15, -0.1) is 0 Å². The van der Waals surface area contributed by atoms with Crippen molar-refractivity contribution in [3.8, 4) is 0 Å². The Hall–Kier alpha value is -0.400. The Kier molecular flexibility index (Phi) is 17.6. The minimum atomic E-state index is -5.64. The number of nitrogens with one attached hydrogen (secondary N) is 2. The molecule has 0 radical (unpaired) electrons. The Morgan fingerprint density at radius 2 is 1.00 bits per heavy atom. The minimum Gasteiger partial charge on any atom is -0.548 e. The third-order valence-electron chi connectivity index (χ3n) is 3.84. The first-order chi connectivity index (χ1) is 12.8. The van der Waals surface area contributed by atoms with E-state index in [0.717, 1.165) is 0 Å². The molecule has 0 heterocycles. The maximum Gasteiger partial charge on any atom is 1.00 e. The Morgan fingerprint density at radius 3 is 1.20 bits per heavy atom. The number of amides is 2. The summed E-state index contributed by atoms with van der Waals surface area (Å²) in [6, 6.07) is -3.92. The van der Waals surface area contributed by atoms with Gasteiger partial charge in [0.15, 0.2) is 0 Å². The maximum absolute atomic E-state index is 13.9. The molecule has 0 spiro atoms. The summed E-state index contributed by atoms with van der Waals surface area (Å²) in [5, 5.41) is 24.2. The summed E-state index contributed by atoms with van der Waals surface area (Å²) in [4.78, 5) is 44.8. The normalized spacial score (nSPS) is 13.1. The van der Waals surface area contributed by atoms with Gasteiger partial charge in [-0.05, 0) is 12.8 Å². The van der Waals surface area contributed by atoms with Crippen LogP contribution in [0.3, 0.4) is 0 Å². The summed E-state index contributed by atoms with van der Waals surface area (Å²) in [7, 11) is 0. The molecule has 0 saturated heterocycles. The Balaban J connectivity index is -0.00000364. The number of carboxylic acid groups (broad SMARTS) is 2. The van der Waals surface area contributed by atoms with Crippen molar-refractivity contribution in [1.82, 2.24) is 10.6 Å². The third kappa shape index (κ3) is 9.82. The van der Waals surface area contributed by atoms with Gasteiger partial charge in [-0.3, -0.25) is 9.59 Å². The predicted molar refractivity (Wildman–Crippen MR) is 82.8 cm³/mol. The summed E-state index contributed by atoms with van der Waals surface area (Å²) in [5.41, 5.74) is 0. The molecule has 0 aromatic heterocycles. The van der Waals surface area contributed by atoms with Crippen LogP contribution in [0.5, 0.6) is 0 Å². The van der Waals surface area contributed by atoms with Gasteiger partial charge in [0.05, 0.1) is 24.0 Å². The number of carboxylic acids is 2. The van der Waals surface area contributed by atoms with Crippen LogP contribution in [-0.4, -0.2) is 47.7 Å². The second kappa shape index (κ2) is 15.4. The maximum atomic E-state index is 13.9. The monoisotopic (exact) mass is 460 g/mol. The van der Waals surface area contributed by atoms with E-state index in [0.29, 0.717) is 12.8 Å². The number of carbonyl (C=O) groups is 4. The third-order valence-corrected chi connectivity index (χ3v) is 3.84. The average molecular weight is 460 g/mol. The van der Waals surface area contributed by atoms with Crippen LogP contribution in [0.4, 0.5) is 17.6 Å². The number of aliphatic carboxylic acids is 2. The average Bonchev–Trinajstić information content (AvgIpc) is 2.60. The zero-order chi connectivity index (χ0) is 22.1. The molecule has 2 N–H and O–H groups in total. The van der Waals surface area contributed by atoms with Crippen molar-refractivity contribution in [2.45, 2.75) is 76.3 Å². The van der Waals surface area contributed by atoms with Crippen LogP contribution >= 0.6 is 0 Å². The summed E-state index contributed by atoms with van der Waals surface area (Å²) >= 11 is 0. The van der Waals surface area contributed by atoms with Gasteiger partial charge in [0.2, 0.25) is 0 Å². The van der Waals surface area contributed by atoms with Gasteiger partial charge in [0.1, 0.15) is 0 Å². The number of alkyl halides is 4. The topological polar surface area (TPSA) is 138 Å². The number of unbranched alkanes of at least 4 members (excludes halogenated alkanes) is 2. The van der Waals surface area contributed by atoms with E-state index in [1.54, 1.807) is 13.8 Å². The van der Waals surface area contributed by atoms with Crippen molar-refractivity contribution in [2.24, 2.45) is 0 Å². The number of rotatable bonds is 13. The van der Waals surface area contributed by atoms with Gasteiger partial charge in [0, 0.05) is 0 Å². The van der Waals surface area contributed by atoms with Crippen molar-refractivity contribution in [3.63, 3.8) is 0 Å². The van der Waals surface area contributed by atoms with Gasteiger partial charge in [0.25, 0.3) is 11.8 Å². The van der Waals surface area contributed by atoms with E-state index in [1.807, 2.05) is 0 Å². The van der Waals surface area contributed by atoms with Crippen molar-refractivity contribution in [2.75, 3.05) is 0 Å². The standard InChI is InChI=1S/C16H24F4N2O6.2Na/c1-3-5-7-9(11(23)24)21-13(27)15(17,18)16(19,20)14(28)22-10(12(25)26)8-6-4-2;;/h9-10H,3-8H2,1-2H3,(H,21,27)(H,22,28)(H,23,24)(H,25,26);;/q;2*+1/p-2. The molecule has 14 heteroatoms. The molecule has 0 bridgehead atoms. The van der Waals surface area contributed by atoms with Crippen molar-refractivity contribution >= 4 is 23.8 Å². The largest absolute Gasteiger partial charge is 1.00 e. The van der Waals surface area contributed by atoms with Gasteiger partial charge >= 0.3 is 71.0 Å². The van der Waals surface area contributed by atoms with Gasteiger partial charge < -0.3 is 30.4 Å². The fraction of sp³-hybridized carbons (Fsp3) is 0.750. The first kappa shape index (κ1) is 34.2. The molecule has 0 aliphatic rings. The smallest absolute Gasteiger partial charge is 0.548 e. The fourth-order valence-corrected chi connectivity index (χ4v) is 2.10. The van der Waals surface area contributed by atoms with E-state index < -0.39 is 47.7 Å². The molecule has 2 atom stereocenters. The molecule has 8 nitrogen and oxygen atoms in total. The van der Waals surface area contributed by atoms with E-state index in [2.05, 4.69) is 0 Å². The number of halogens is 4. The quantitative estimate of drug-likeness (QED) is 0.207. The summed E-state index contributed by atoms with van der Waals surface area (Å²) in [6.07, 6.45) is 0.510.